The number of carbonyl (C=O) groups excluding carboxylic acids is 1. The molecule has 6 heteroatoms. The third kappa shape index (κ3) is 1.99. The Balaban J connectivity index is 2.09. The molecule has 23 heavy (non-hydrogen) atoms. The fraction of sp³-hybridized carbons (Fsp3) is 0.118. The lowest BCUT2D eigenvalue weighted by atomic mass is 10.0. The lowest BCUT2D eigenvalue weighted by Crippen LogP contribution is -2.14. The molecule has 1 aromatic heterocycles. The van der Waals surface area contributed by atoms with E-state index in [1.165, 1.54) is 6.07 Å². The highest BCUT2D eigenvalue weighted by Crippen LogP contribution is 2.41. The number of carbonyl (C=O) groups is 1. The van der Waals surface area contributed by atoms with Crippen LogP contribution in [0.15, 0.2) is 42.7 Å². The maximum absolute atomic E-state index is 14.4. The minimum atomic E-state index is -0.361. The van der Waals surface area contributed by atoms with Gasteiger partial charge in [0.25, 0.3) is 5.91 Å². The first-order chi connectivity index (χ1) is 11.2. The van der Waals surface area contributed by atoms with Crippen molar-refractivity contribution < 1.29 is 9.18 Å². The summed E-state index contributed by atoms with van der Waals surface area (Å²) >= 11 is 0. The predicted molar refractivity (Wildman–Crippen MR) is 88.7 cm³/mol. The van der Waals surface area contributed by atoms with Crippen molar-refractivity contribution in [1.82, 2.24) is 4.57 Å². The maximum atomic E-state index is 14.4. The van der Waals surface area contributed by atoms with E-state index in [-0.39, 0.29) is 11.7 Å². The summed E-state index contributed by atoms with van der Waals surface area (Å²) in [6, 6.07) is 8.52. The van der Waals surface area contributed by atoms with Crippen LogP contribution in [0.5, 0.6) is 0 Å². The number of rotatable bonds is 4. The molecule has 5 nitrogen and oxygen atoms in total. The van der Waals surface area contributed by atoms with Gasteiger partial charge in [-0.2, -0.15) is 0 Å². The number of amides is 1. The van der Waals surface area contributed by atoms with Crippen LogP contribution in [0.25, 0.3) is 16.5 Å². The number of halogens is 1. The second kappa shape index (κ2) is 5.10. The average Bonchev–Trinajstić information content (AvgIpc) is 3.18. The number of anilines is 2. The van der Waals surface area contributed by atoms with Crippen molar-refractivity contribution in [2.24, 2.45) is 5.73 Å². The van der Waals surface area contributed by atoms with Gasteiger partial charge in [0.05, 0.1) is 16.9 Å². The molecule has 0 fully saturated rings. The summed E-state index contributed by atoms with van der Waals surface area (Å²) < 4.78 is 16.3. The van der Waals surface area contributed by atoms with Crippen LogP contribution in [0.2, 0.25) is 0 Å². The molecule has 0 saturated heterocycles. The first kappa shape index (κ1) is 13.8. The first-order valence-electron chi connectivity index (χ1n) is 7.38. The zero-order valence-electron chi connectivity index (χ0n) is 12.3. The lowest BCUT2D eigenvalue weighted by Gasteiger charge is -2.15. The van der Waals surface area contributed by atoms with Crippen molar-refractivity contribution in [2.75, 3.05) is 23.7 Å². The van der Waals surface area contributed by atoms with Crippen molar-refractivity contribution >= 4 is 28.1 Å². The number of aromatic nitrogens is 1. The van der Waals surface area contributed by atoms with Crippen molar-refractivity contribution in [3.05, 3.63) is 54.1 Å². The van der Waals surface area contributed by atoms with Crippen LogP contribution in [-0.2, 0) is 0 Å². The number of nitrogens with two attached hydrogens (primary N) is 1. The van der Waals surface area contributed by atoms with Crippen LogP contribution in [-0.4, -0.2) is 23.6 Å². The van der Waals surface area contributed by atoms with Gasteiger partial charge in [0.2, 0.25) is 0 Å². The van der Waals surface area contributed by atoms with E-state index in [1.54, 1.807) is 12.1 Å². The van der Waals surface area contributed by atoms with Gasteiger partial charge in [-0.15, -0.1) is 0 Å². The highest BCUT2D eigenvalue weighted by atomic mass is 19.1. The van der Waals surface area contributed by atoms with Gasteiger partial charge in [-0.1, -0.05) is 0 Å². The molecule has 0 atom stereocenters. The second-order valence-electron chi connectivity index (χ2n) is 5.42. The summed E-state index contributed by atoms with van der Waals surface area (Å²) in [5.41, 5.74) is 8.02. The minimum absolute atomic E-state index is 0.218. The largest absolute Gasteiger partial charge is 0.383 e. The summed E-state index contributed by atoms with van der Waals surface area (Å²) in [4.78, 5) is 12.4. The van der Waals surface area contributed by atoms with E-state index in [9.17, 15) is 9.18 Å². The average molecular weight is 310 g/mol. The van der Waals surface area contributed by atoms with Gasteiger partial charge >= 0.3 is 0 Å². The Morgan fingerprint density at radius 2 is 2.00 bits per heavy atom. The normalized spacial score (nSPS) is 12.7. The Hall–Kier alpha value is -2.86. The summed E-state index contributed by atoms with van der Waals surface area (Å²) in [6.07, 6.45) is 3.71. The molecule has 1 aliphatic rings. The first-order valence-corrected chi connectivity index (χ1v) is 7.38. The van der Waals surface area contributed by atoms with Crippen molar-refractivity contribution in [1.29, 1.82) is 0 Å². The second-order valence-corrected chi connectivity index (χ2v) is 5.42. The van der Waals surface area contributed by atoms with Gasteiger partial charge in [0, 0.05) is 41.9 Å². The molecule has 4 N–H and O–H groups in total. The fourth-order valence-electron chi connectivity index (χ4n) is 3.07. The molecule has 1 aliphatic heterocycles. The monoisotopic (exact) mass is 310 g/mol. The fourth-order valence-corrected chi connectivity index (χ4v) is 3.07. The topological polar surface area (TPSA) is 72.1 Å². The molecule has 4 rings (SSSR count). The molecule has 2 aromatic carbocycles. The van der Waals surface area contributed by atoms with E-state index < -0.39 is 0 Å². The number of nitrogens with zero attached hydrogens (tertiary/aromatic N) is 1. The van der Waals surface area contributed by atoms with Crippen LogP contribution in [0, 0.1) is 5.82 Å². The van der Waals surface area contributed by atoms with Crippen LogP contribution >= 0.6 is 0 Å². The standard InChI is InChI=1S/C17H15FN4O/c18-10-3-4-11-15-14(10)12(20-6-5-19)9-13(16(15)17(23)21-11)22-7-1-2-8-22/h1-4,7-9,20H,5-6,19H2,(H,21,23). The molecule has 3 aromatic rings. The Labute approximate surface area is 131 Å². The molecule has 116 valence electrons. The lowest BCUT2D eigenvalue weighted by molar-refractivity contribution is 0.103. The van der Waals surface area contributed by atoms with Gasteiger partial charge in [0.15, 0.2) is 0 Å². The van der Waals surface area contributed by atoms with E-state index >= 15 is 0 Å². The Morgan fingerprint density at radius 1 is 1.22 bits per heavy atom. The summed E-state index contributed by atoms with van der Waals surface area (Å²) in [5.74, 6) is -0.579. The summed E-state index contributed by atoms with van der Waals surface area (Å²) in [6.45, 7) is 0.950. The summed E-state index contributed by atoms with van der Waals surface area (Å²) in [7, 11) is 0. The SMILES string of the molecule is NCCNc1cc(-n2cccc2)c2c3c(ccc(F)c13)NC2=O. The maximum Gasteiger partial charge on any atom is 0.258 e. The molecular formula is C17H15FN4O. The van der Waals surface area contributed by atoms with Gasteiger partial charge in [0.1, 0.15) is 5.82 Å². The zero-order chi connectivity index (χ0) is 16.0. The molecular weight excluding hydrogens is 295 g/mol. The van der Waals surface area contributed by atoms with E-state index in [2.05, 4.69) is 10.6 Å². The minimum Gasteiger partial charge on any atom is -0.383 e. The van der Waals surface area contributed by atoms with Gasteiger partial charge in [-0.25, -0.2) is 4.39 Å². The van der Waals surface area contributed by atoms with E-state index in [4.69, 9.17) is 5.73 Å². The highest BCUT2D eigenvalue weighted by molar-refractivity contribution is 6.27. The van der Waals surface area contributed by atoms with Crippen LogP contribution in [0.3, 0.4) is 0 Å². The molecule has 0 unspecified atom stereocenters. The Bertz CT molecular complexity index is 918. The molecule has 2 heterocycles. The van der Waals surface area contributed by atoms with Crippen LogP contribution in [0.4, 0.5) is 15.8 Å². The van der Waals surface area contributed by atoms with Crippen LogP contribution < -0.4 is 16.4 Å². The van der Waals surface area contributed by atoms with Crippen LogP contribution in [0.1, 0.15) is 10.4 Å². The van der Waals surface area contributed by atoms with E-state index in [0.717, 1.165) is 0 Å². The number of benzene rings is 2. The summed E-state index contributed by atoms with van der Waals surface area (Å²) in [5, 5.41) is 7.00. The van der Waals surface area contributed by atoms with Gasteiger partial charge in [-0.3, -0.25) is 4.79 Å². The van der Waals surface area contributed by atoms with E-state index in [1.807, 2.05) is 29.1 Å². The molecule has 1 amide bonds. The van der Waals surface area contributed by atoms with Gasteiger partial charge < -0.3 is 20.9 Å². The van der Waals surface area contributed by atoms with Crippen molar-refractivity contribution in [3.8, 4) is 5.69 Å². The van der Waals surface area contributed by atoms with Gasteiger partial charge in [-0.05, 0) is 30.3 Å². The number of hydrogen-bond donors (Lipinski definition) is 3. The third-order valence-electron chi connectivity index (χ3n) is 4.03. The van der Waals surface area contributed by atoms with Crippen molar-refractivity contribution in [3.63, 3.8) is 0 Å². The third-order valence-corrected chi connectivity index (χ3v) is 4.03. The Morgan fingerprint density at radius 3 is 2.74 bits per heavy atom. The number of nitrogens with one attached hydrogen (secondary N) is 2. The quantitative estimate of drug-likeness (QED) is 0.694. The smallest absolute Gasteiger partial charge is 0.258 e. The molecule has 0 radical (unpaired) electrons. The van der Waals surface area contributed by atoms with E-state index in [0.29, 0.717) is 46.5 Å². The molecule has 0 saturated carbocycles. The number of hydrogen-bond acceptors (Lipinski definition) is 3. The van der Waals surface area contributed by atoms with Crippen molar-refractivity contribution in [2.45, 2.75) is 0 Å². The molecule has 0 bridgehead atoms. The predicted octanol–water partition coefficient (Wildman–Crippen LogP) is 2.71. The Kier molecular flexibility index (Phi) is 3.06. The molecule has 0 spiro atoms. The molecule has 0 aliphatic carbocycles. The zero-order valence-corrected chi connectivity index (χ0v) is 12.3. The highest BCUT2D eigenvalue weighted by Gasteiger charge is 2.28.